The van der Waals surface area contributed by atoms with Crippen molar-refractivity contribution in [2.45, 2.75) is 56.9 Å². The van der Waals surface area contributed by atoms with Crippen molar-refractivity contribution < 1.29 is 9.90 Å². The highest BCUT2D eigenvalue weighted by Crippen LogP contribution is 2.47. The van der Waals surface area contributed by atoms with Crippen molar-refractivity contribution in [1.29, 1.82) is 0 Å². The van der Waals surface area contributed by atoms with Crippen molar-refractivity contribution in [1.82, 2.24) is 6.00 Å². The van der Waals surface area contributed by atoms with Gasteiger partial charge in [0.2, 0.25) is 5.78 Å². The van der Waals surface area contributed by atoms with Crippen LogP contribution in [-0.2, 0) is 4.79 Å². The first-order chi connectivity index (χ1) is 9.28. The molecule has 1 aliphatic carbocycles. The Morgan fingerprint density at radius 3 is 2.19 bits per heavy atom. The van der Waals surface area contributed by atoms with Gasteiger partial charge >= 0.3 is 0 Å². The summed E-state index contributed by atoms with van der Waals surface area (Å²) in [6.45, 7) is 10.2. The number of aliphatic hydroxyl groups is 1. The highest BCUT2D eigenvalue weighted by Gasteiger charge is 2.55. The van der Waals surface area contributed by atoms with Gasteiger partial charge in [-0.15, -0.1) is 0 Å². The van der Waals surface area contributed by atoms with Gasteiger partial charge in [-0.05, 0) is 42.8 Å². The zero-order valence-electron chi connectivity index (χ0n) is 13.2. The van der Waals surface area contributed by atoms with Gasteiger partial charge in [0.15, 0.2) is 5.60 Å². The number of carbonyl (C=O) groups is 1. The van der Waals surface area contributed by atoms with Gasteiger partial charge in [-0.25, -0.2) is 1.33 Å². The second-order valence-corrected chi connectivity index (χ2v) is 12.5. The molecule has 4 nitrogen and oxygen atoms in total. The maximum Gasteiger partial charge on any atom is 0.219 e. The molecule has 2 unspecified atom stereocenters. The fourth-order valence-corrected chi connectivity index (χ4v) is 4.48. The van der Waals surface area contributed by atoms with E-state index in [0.717, 1.165) is 6.42 Å². The Morgan fingerprint density at radius 2 is 1.81 bits per heavy atom. The van der Waals surface area contributed by atoms with Gasteiger partial charge < -0.3 is 9.78 Å². The molecule has 0 bridgehead atoms. The Kier molecular flexibility index (Phi) is 6.37. The van der Waals surface area contributed by atoms with Crippen LogP contribution in [0.4, 0.5) is 0 Å². The van der Waals surface area contributed by atoms with E-state index in [0.29, 0.717) is 11.4 Å². The van der Waals surface area contributed by atoms with Crippen molar-refractivity contribution in [2.75, 3.05) is 6.26 Å². The van der Waals surface area contributed by atoms with Crippen molar-refractivity contribution in [3.8, 4) is 0 Å². The van der Waals surface area contributed by atoms with E-state index in [1.54, 1.807) is 8.25 Å². The van der Waals surface area contributed by atoms with E-state index in [4.69, 9.17) is 0 Å². The predicted molar refractivity (Wildman–Crippen MR) is 110 cm³/mol. The van der Waals surface area contributed by atoms with Gasteiger partial charge in [0, 0.05) is 10.3 Å². The van der Waals surface area contributed by atoms with Crippen LogP contribution < -0.4 is 0 Å². The zero-order valence-corrected chi connectivity index (χ0v) is 19.5. The molecule has 0 saturated heterocycles. The maximum atomic E-state index is 12.1. The number of thioether (sulfide) groups is 1. The highest BCUT2D eigenvalue weighted by atomic mass is 127. The average molecular weight is 556 g/mol. The van der Waals surface area contributed by atoms with E-state index in [9.17, 15) is 9.90 Å². The van der Waals surface area contributed by atoms with Crippen LogP contribution in [-0.4, -0.2) is 39.0 Å². The van der Waals surface area contributed by atoms with Crippen molar-refractivity contribution in [3.05, 3.63) is 11.4 Å². The Bertz CT molecular complexity index is 479. The topological polar surface area (TPSA) is 43.8 Å². The molecule has 122 valence electrons. The third kappa shape index (κ3) is 4.00. The number of rotatable bonds is 6. The van der Waals surface area contributed by atoms with E-state index >= 15 is 0 Å². The van der Waals surface area contributed by atoms with Gasteiger partial charge in [0.25, 0.3) is 0 Å². The Labute approximate surface area is 162 Å². The molecule has 0 aromatic carbocycles. The first kappa shape index (κ1) is 20.3. The molecule has 21 heavy (non-hydrogen) atoms. The molecule has 0 fully saturated rings. The lowest BCUT2D eigenvalue weighted by atomic mass is 9.79. The number of hydrogen-bond acceptors (Lipinski definition) is 5. The summed E-state index contributed by atoms with van der Waals surface area (Å²) >= 11 is 5.93. The first-order valence-corrected chi connectivity index (χ1v) is 10.2. The summed E-state index contributed by atoms with van der Waals surface area (Å²) in [5, 5.41) is 10.4. The lowest BCUT2D eigenvalue weighted by Gasteiger charge is -2.50. The normalized spacial score (nSPS) is 23.2. The highest BCUT2D eigenvalue weighted by molar-refractivity contribution is 14.2. The van der Waals surface area contributed by atoms with Crippen LogP contribution in [0.5, 0.6) is 0 Å². The van der Waals surface area contributed by atoms with Gasteiger partial charge in [-0.2, -0.15) is 11.8 Å². The molecule has 0 radical (unpaired) electrons. The molecule has 0 aliphatic heterocycles. The van der Waals surface area contributed by atoms with E-state index in [-0.39, 0.29) is 16.1 Å². The summed E-state index contributed by atoms with van der Waals surface area (Å²) in [6, 6.07) is 0. The fourth-order valence-electron chi connectivity index (χ4n) is 2.62. The first-order valence-electron chi connectivity index (χ1n) is 6.51. The summed E-state index contributed by atoms with van der Waals surface area (Å²) in [4.78, 5) is 12.1. The van der Waals surface area contributed by atoms with Gasteiger partial charge in [0.05, 0.1) is 51.4 Å². The van der Waals surface area contributed by atoms with Gasteiger partial charge in [-0.3, -0.25) is 4.79 Å². The van der Waals surface area contributed by atoms with Crippen LogP contribution in [0.15, 0.2) is 11.4 Å². The SMILES string of the molecule is CSC(C)(C)CC(C)(C)N(P)C1=C(N(I)I)C(=O)C1(C)O. The van der Waals surface area contributed by atoms with E-state index in [2.05, 4.69) is 89.1 Å². The van der Waals surface area contributed by atoms with E-state index in [1.165, 1.54) is 0 Å². The Hall–Kier alpha value is 1.21. The molecule has 2 atom stereocenters. The zero-order chi connectivity index (χ0) is 16.8. The van der Waals surface area contributed by atoms with Crippen LogP contribution >= 0.6 is 66.9 Å². The lowest BCUT2D eigenvalue weighted by Crippen LogP contribution is -2.58. The van der Waals surface area contributed by atoms with Crippen LogP contribution in [0.25, 0.3) is 0 Å². The number of hydrogen-bond donors (Lipinski definition) is 1. The minimum Gasteiger partial charge on any atom is -0.376 e. The number of nitrogens with zero attached hydrogens (tertiary/aromatic N) is 2. The largest absolute Gasteiger partial charge is 0.376 e. The van der Waals surface area contributed by atoms with Crippen LogP contribution in [0.1, 0.15) is 41.0 Å². The van der Waals surface area contributed by atoms with Gasteiger partial charge in [-0.1, -0.05) is 13.8 Å². The summed E-state index contributed by atoms with van der Waals surface area (Å²) in [7, 11) is 2.69. The summed E-state index contributed by atoms with van der Waals surface area (Å²) in [5.74, 6) is -0.228. The third-order valence-corrected chi connectivity index (χ3v) is 6.99. The minimum atomic E-state index is -1.41. The Balaban J connectivity index is 3.17. The van der Waals surface area contributed by atoms with Crippen LogP contribution in [0, 0.1) is 0 Å². The fraction of sp³-hybridized carbons (Fsp3) is 0.769. The molecule has 1 aliphatic rings. The summed E-state index contributed by atoms with van der Waals surface area (Å²) in [6.07, 6.45) is 3.03. The molecule has 0 heterocycles. The van der Waals surface area contributed by atoms with Gasteiger partial charge in [0.1, 0.15) is 5.70 Å². The summed E-state index contributed by atoms with van der Waals surface area (Å²) < 4.78 is 3.82. The van der Waals surface area contributed by atoms with Crippen LogP contribution in [0.3, 0.4) is 0 Å². The van der Waals surface area contributed by atoms with E-state index < -0.39 is 5.60 Å². The third-order valence-electron chi connectivity index (χ3n) is 3.82. The summed E-state index contributed by atoms with van der Waals surface area (Å²) in [5.41, 5.74) is -0.382. The van der Waals surface area contributed by atoms with Crippen molar-refractivity contribution in [2.24, 2.45) is 0 Å². The molecule has 0 amide bonds. The molecule has 0 spiro atoms. The molecule has 1 N–H and O–H groups in total. The lowest BCUT2D eigenvalue weighted by molar-refractivity contribution is -0.135. The molecule has 1 rings (SSSR count). The van der Waals surface area contributed by atoms with E-state index in [1.807, 2.05) is 16.4 Å². The minimum absolute atomic E-state index is 0.118. The van der Waals surface area contributed by atoms with Crippen molar-refractivity contribution in [3.63, 3.8) is 0 Å². The average Bonchev–Trinajstić information content (AvgIpc) is 2.32. The molecular weight excluding hydrogens is 533 g/mol. The number of ketones is 1. The Morgan fingerprint density at radius 1 is 1.33 bits per heavy atom. The molecule has 8 heteroatoms. The molecule has 0 saturated carbocycles. The number of carbonyl (C=O) groups excluding carboxylic acids is 1. The predicted octanol–water partition coefficient (Wildman–Crippen LogP) is 3.94. The second-order valence-electron chi connectivity index (χ2n) is 6.65. The standard InChI is InChI=1S/C13H23I2N2O2PS/c1-11(2,7-12(3,4)21-6)16(20)9-8(17(14)15)10(18)13(9,5)19/h19H,7,20H2,1-6H3. The monoisotopic (exact) mass is 556 g/mol. The number of halogens is 2. The second kappa shape index (κ2) is 6.61. The maximum absolute atomic E-state index is 12.1. The molecular formula is C13H23I2N2O2PS. The van der Waals surface area contributed by atoms with Crippen molar-refractivity contribution >= 4 is 72.7 Å². The molecule has 0 aromatic rings. The van der Waals surface area contributed by atoms with Crippen LogP contribution in [0.2, 0.25) is 0 Å². The quantitative estimate of drug-likeness (QED) is 0.306. The number of Topliss-reactive ketones (excluding diaryl/α,β-unsaturated/α-hetero) is 1. The smallest absolute Gasteiger partial charge is 0.219 e. The molecule has 0 aromatic heterocycles.